The second-order valence-corrected chi connectivity index (χ2v) is 3.07. The van der Waals surface area contributed by atoms with Crippen LogP contribution >= 0.6 is 0 Å². The van der Waals surface area contributed by atoms with E-state index in [2.05, 4.69) is 29.6 Å². The van der Waals surface area contributed by atoms with Gasteiger partial charge in [-0.2, -0.15) is 0 Å². The molecule has 3 nitrogen and oxygen atoms in total. The van der Waals surface area contributed by atoms with Crippen molar-refractivity contribution >= 4 is 0 Å². The number of aryl methyl sites for hydroxylation is 1. The third-order valence-electron chi connectivity index (χ3n) is 2.05. The van der Waals surface area contributed by atoms with Crippen molar-refractivity contribution in [2.24, 2.45) is 5.73 Å². The number of rotatable bonds is 4. The Labute approximate surface area is 73.6 Å². The Morgan fingerprint density at radius 2 is 2.33 bits per heavy atom. The van der Waals surface area contributed by atoms with E-state index in [0.29, 0.717) is 0 Å². The van der Waals surface area contributed by atoms with Crippen molar-refractivity contribution in [1.82, 2.24) is 9.55 Å². The van der Waals surface area contributed by atoms with Crippen LogP contribution in [0.4, 0.5) is 0 Å². The Morgan fingerprint density at radius 1 is 1.58 bits per heavy atom. The second kappa shape index (κ2) is 4.26. The second-order valence-electron chi connectivity index (χ2n) is 3.07. The number of nitrogens with zero attached hydrogens (tertiary/aromatic N) is 2. The predicted octanol–water partition coefficient (Wildman–Crippen LogP) is 1.18. The van der Waals surface area contributed by atoms with Crippen molar-refractivity contribution in [3.05, 3.63) is 18.2 Å². The number of hydrogen-bond acceptors (Lipinski definition) is 2. The van der Waals surface area contributed by atoms with Gasteiger partial charge >= 0.3 is 0 Å². The lowest BCUT2D eigenvalue weighted by Crippen LogP contribution is -2.21. The quantitative estimate of drug-likeness (QED) is 0.732. The highest BCUT2D eigenvalue weighted by atomic mass is 15.0. The standard InChI is InChI=1S/C9H17N3/c1-3-8(10)5-9-6-12(4-2)7-11-9/h6-8H,3-5,10H2,1-2H3. The van der Waals surface area contributed by atoms with E-state index in [1.165, 1.54) is 0 Å². The first-order chi connectivity index (χ1) is 5.76. The van der Waals surface area contributed by atoms with Crippen LogP contribution in [0.5, 0.6) is 0 Å². The fraction of sp³-hybridized carbons (Fsp3) is 0.667. The van der Waals surface area contributed by atoms with Gasteiger partial charge < -0.3 is 10.3 Å². The summed E-state index contributed by atoms with van der Waals surface area (Å²) in [5.41, 5.74) is 6.91. The van der Waals surface area contributed by atoms with Crippen LogP contribution in [0, 0.1) is 0 Å². The van der Waals surface area contributed by atoms with Crippen LogP contribution < -0.4 is 5.73 Å². The first-order valence-electron chi connectivity index (χ1n) is 4.52. The van der Waals surface area contributed by atoms with Crippen LogP contribution in [0.3, 0.4) is 0 Å². The molecule has 0 saturated heterocycles. The minimum atomic E-state index is 0.255. The maximum absolute atomic E-state index is 5.81. The molecule has 0 spiro atoms. The van der Waals surface area contributed by atoms with E-state index < -0.39 is 0 Å². The van der Waals surface area contributed by atoms with Crippen LogP contribution in [-0.4, -0.2) is 15.6 Å². The molecule has 2 N–H and O–H groups in total. The number of aromatic nitrogens is 2. The van der Waals surface area contributed by atoms with E-state index in [1.807, 2.05) is 6.33 Å². The Hall–Kier alpha value is -0.830. The molecule has 0 radical (unpaired) electrons. The molecule has 0 aliphatic rings. The van der Waals surface area contributed by atoms with Gasteiger partial charge in [0, 0.05) is 25.2 Å². The summed E-state index contributed by atoms with van der Waals surface area (Å²) in [4.78, 5) is 4.26. The molecule has 0 aromatic carbocycles. The average molecular weight is 167 g/mol. The van der Waals surface area contributed by atoms with Crippen LogP contribution in [-0.2, 0) is 13.0 Å². The molecule has 0 bridgehead atoms. The summed E-state index contributed by atoms with van der Waals surface area (Å²) in [5.74, 6) is 0. The molecule has 0 aliphatic heterocycles. The molecule has 1 rings (SSSR count). The zero-order valence-corrected chi connectivity index (χ0v) is 7.83. The fourth-order valence-electron chi connectivity index (χ4n) is 1.10. The maximum Gasteiger partial charge on any atom is 0.0949 e. The topological polar surface area (TPSA) is 43.8 Å². The van der Waals surface area contributed by atoms with E-state index in [-0.39, 0.29) is 6.04 Å². The Kier molecular flexibility index (Phi) is 3.29. The van der Waals surface area contributed by atoms with Crippen molar-refractivity contribution in [3.63, 3.8) is 0 Å². The van der Waals surface area contributed by atoms with Crippen LogP contribution in [0.15, 0.2) is 12.5 Å². The molecule has 12 heavy (non-hydrogen) atoms. The molecule has 3 heteroatoms. The molecular weight excluding hydrogens is 150 g/mol. The summed E-state index contributed by atoms with van der Waals surface area (Å²) in [5, 5.41) is 0. The van der Waals surface area contributed by atoms with Gasteiger partial charge in [-0.3, -0.25) is 0 Å². The van der Waals surface area contributed by atoms with Gasteiger partial charge in [0.05, 0.1) is 12.0 Å². The fourth-order valence-corrected chi connectivity index (χ4v) is 1.10. The van der Waals surface area contributed by atoms with Crippen molar-refractivity contribution in [2.75, 3.05) is 0 Å². The van der Waals surface area contributed by atoms with Crippen molar-refractivity contribution in [3.8, 4) is 0 Å². The molecule has 1 unspecified atom stereocenters. The Bertz CT molecular complexity index is 229. The molecule has 0 saturated carbocycles. The minimum Gasteiger partial charge on any atom is -0.337 e. The smallest absolute Gasteiger partial charge is 0.0949 e. The van der Waals surface area contributed by atoms with Crippen molar-refractivity contribution in [2.45, 2.75) is 39.3 Å². The van der Waals surface area contributed by atoms with Gasteiger partial charge in [-0.1, -0.05) is 6.92 Å². The summed E-state index contributed by atoms with van der Waals surface area (Å²) >= 11 is 0. The highest BCUT2D eigenvalue weighted by Gasteiger charge is 2.03. The van der Waals surface area contributed by atoms with Crippen LogP contribution in [0.1, 0.15) is 26.0 Å². The van der Waals surface area contributed by atoms with Crippen molar-refractivity contribution < 1.29 is 0 Å². The maximum atomic E-state index is 5.81. The highest BCUT2D eigenvalue weighted by Crippen LogP contribution is 2.01. The minimum absolute atomic E-state index is 0.255. The monoisotopic (exact) mass is 167 g/mol. The Balaban J connectivity index is 2.52. The molecule has 0 amide bonds. The average Bonchev–Trinajstić information content (AvgIpc) is 2.52. The molecule has 1 atom stereocenters. The van der Waals surface area contributed by atoms with Gasteiger partial charge in [-0.25, -0.2) is 4.98 Å². The van der Waals surface area contributed by atoms with E-state index in [1.54, 1.807) is 0 Å². The third kappa shape index (κ3) is 2.34. The lowest BCUT2D eigenvalue weighted by Gasteiger charge is -2.04. The highest BCUT2D eigenvalue weighted by molar-refractivity contribution is 4.98. The van der Waals surface area contributed by atoms with E-state index in [9.17, 15) is 0 Å². The largest absolute Gasteiger partial charge is 0.337 e. The van der Waals surface area contributed by atoms with Gasteiger partial charge in [0.25, 0.3) is 0 Å². The van der Waals surface area contributed by atoms with E-state index in [4.69, 9.17) is 5.73 Å². The molecule has 1 heterocycles. The van der Waals surface area contributed by atoms with Gasteiger partial charge in [0.15, 0.2) is 0 Å². The molecular formula is C9H17N3. The number of hydrogen-bond donors (Lipinski definition) is 1. The zero-order valence-electron chi connectivity index (χ0n) is 7.83. The van der Waals surface area contributed by atoms with Gasteiger partial charge in [0.2, 0.25) is 0 Å². The predicted molar refractivity (Wildman–Crippen MR) is 49.9 cm³/mol. The summed E-state index contributed by atoms with van der Waals surface area (Å²) in [7, 11) is 0. The lowest BCUT2D eigenvalue weighted by molar-refractivity contribution is 0.637. The first-order valence-corrected chi connectivity index (χ1v) is 4.52. The SMILES string of the molecule is CCC(N)Cc1cn(CC)cn1. The summed E-state index contributed by atoms with van der Waals surface area (Å²) in [6, 6.07) is 0.255. The normalized spacial score (nSPS) is 13.2. The Morgan fingerprint density at radius 3 is 2.83 bits per heavy atom. The summed E-state index contributed by atoms with van der Waals surface area (Å²) in [6.07, 6.45) is 5.83. The molecule has 0 fully saturated rings. The van der Waals surface area contributed by atoms with Crippen molar-refractivity contribution in [1.29, 1.82) is 0 Å². The summed E-state index contributed by atoms with van der Waals surface area (Å²) in [6.45, 7) is 5.18. The molecule has 68 valence electrons. The molecule has 1 aromatic rings. The summed E-state index contributed by atoms with van der Waals surface area (Å²) < 4.78 is 2.07. The van der Waals surface area contributed by atoms with E-state index >= 15 is 0 Å². The molecule has 1 aromatic heterocycles. The van der Waals surface area contributed by atoms with Crippen LogP contribution in [0.25, 0.3) is 0 Å². The number of nitrogens with two attached hydrogens (primary N) is 1. The van der Waals surface area contributed by atoms with Gasteiger partial charge in [-0.15, -0.1) is 0 Å². The zero-order chi connectivity index (χ0) is 8.97. The van der Waals surface area contributed by atoms with Gasteiger partial charge in [-0.05, 0) is 13.3 Å². The third-order valence-corrected chi connectivity index (χ3v) is 2.05. The van der Waals surface area contributed by atoms with Gasteiger partial charge in [0.1, 0.15) is 0 Å². The molecule has 0 aliphatic carbocycles. The number of imidazole rings is 1. The van der Waals surface area contributed by atoms with Crippen LogP contribution in [0.2, 0.25) is 0 Å². The first kappa shape index (κ1) is 9.26. The van der Waals surface area contributed by atoms with E-state index in [0.717, 1.165) is 25.1 Å². The lowest BCUT2D eigenvalue weighted by atomic mass is 10.1.